The second-order valence-corrected chi connectivity index (χ2v) is 9.83. The van der Waals surface area contributed by atoms with Crippen molar-refractivity contribution in [1.29, 1.82) is 0 Å². The number of esters is 1. The van der Waals surface area contributed by atoms with E-state index in [1.165, 1.54) is 68.1 Å². The second-order valence-electron chi connectivity index (χ2n) is 9.83. The zero-order chi connectivity index (χ0) is 21.6. The highest BCUT2D eigenvalue weighted by molar-refractivity contribution is 5.89. The third kappa shape index (κ3) is 3.43. The number of ether oxygens (including phenoxy) is 1. The van der Waals surface area contributed by atoms with Crippen molar-refractivity contribution in [3.63, 3.8) is 0 Å². The van der Waals surface area contributed by atoms with E-state index in [2.05, 4.69) is 61.2 Å². The predicted octanol–water partition coefficient (Wildman–Crippen LogP) is 5.72. The molecule has 3 nitrogen and oxygen atoms in total. The molecule has 0 bridgehead atoms. The van der Waals surface area contributed by atoms with E-state index in [-0.39, 0.29) is 11.4 Å². The molecule has 5 rings (SSSR count). The zero-order valence-corrected chi connectivity index (χ0v) is 18.9. The van der Waals surface area contributed by atoms with Gasteiger partial charge in [-0.25, -0.2) is 4.79 Å². The normalized spacial score (nSPS) is 30.0. The maximum absolute atomic E-state index is 11.8. The van der Waals surface area contributed by atoms with E-state index in [1.54, 1.807) is 0 Å². The van der Waals surface area contributed by atoms with Crippen molar-refractivity contribution in [3.8, 4) is 0 Å². The number of carbonyl (C=O) groups excluding carboxylic acids is 1. The summed E-state index contributed by atoms with van der Waals surface area (Å²) in [4.78, 5) is 14.6. The number of allylic oxidation sites excluding steroid dienone is 1. The lowest BCUT2D eigenvalue weighted by atomic mass is 9.68. The van der Waals surface area contributed by atoms with E-state index in [4.69, 9.17) is 4.74 Å². The van der Waals surface area contributed by atoms with E-state index in [0.29, 0.717) is 23.4 Å². The summed E-state index contributed by atoms with van der Waals surface area (Å²) >= 11 is 0. The molecular formula is C28H33NO2. The molecule has 1 heterocycles. The minimum atomic E-state index is -0.252. The lowest BCUT2D eigenvalue weighted by Crippen LogP contribution is -2.50. The molecule has 2 aromatic carbocycles. The topological polar surface area (TPSA) is 29.5 Å². The fraction of sp³-hybridized carbons (Fsp3) is 0.464. The zero-order valence-electron chi connectivity index (χ0n) is 18.9. The third-order valence-corrected chi connectivity index (χ3v) is 8.28. The van der Waals surface area contributed by atoms with Gasteiger partial charge < -0.3 is 9.64 Å². The fourth-order valence-corrected chi connectivity index (χ4v) is 6.51. The molecule has 3 aliphatic rings. The molecular weight excluding hydrogens is 382 g/mol. The van der Waals surface area contributed by atoms with Gasteiger partial charge in [0.25, 0.3) is 0 Å². The quantitative estimate of drug-likeness (QED) is 0.600. The Morgan fingerprint density at radius 2 is 2.00 bits per heavy atom. The van der Waals surface area contributed by atoms with E-state index >= 15 is 0 Å². The van der Waals surface area contributed by atoms with Crippen LogP contribution in [0, 0.1) is 12.8 Å². The minimum absolute atomic E-state index is 0.228. The average molecular weight is 416 g/mol. The van der Waals surface area contributed by atoms with Crippen LogP contribution < -0.4 is 0 Å². The van der Waals surface area contributed by atoms with Crippen LogP contribution in [0.25, 0.3) is 6.08 Å². The maximum atomic E-state index is 11.8. The Hall–Kier alpha value is -2.39. The molecule has 0 N–H and O–H groups in total. The van der Waals surface area contributed by atoms with Crippen LogP contribution in [-0.2, 0) is 10.2 Å². The Morgan fingerprint density at radius 1 is 1.16 bits per heavy atom. The van der Waals surface area contributed by atoms with Gasteiger partial charge in [0.15, 0.2) is 0 Å². The predicted molar refractivity (Wildman–Crippen MR) is 125 cm³/mol. The van der Waals surface area contributed by atoms with Gasteiger partial charge in [0.05, 0.1) is 12.7 Å². The summed E-state index contributed by atoms with van der Waals surface area (Å²) in [5, 5.41) is 0. The van der Waals surface area contributed by atoms with E-state index in [9.17, 15) is 4.79 Å². The molecule has 162 valence electrons. The number of hydrogen-bond acceptors (Lipinski definition) is 3. The first-order chi connectivity index (χ1) is 15.0. The average Bonchev–Trinajstić information content (AvgIpc) is 3.42. The summed E-state index contributed by atoms with van der Waals surface area (Å²) in [5.41, 5.74) is 6.45. The van der Waals surface area contributed by atoms with Gasteiger partial charge >= 0.3 is 5.97 Å². The highest BCUT2D eigenvalue weighted by atomic mass is 16.5. The highest BCUT2D eigenvalue weighted by Gasteiger charge is 2.45. The van der Waals surface area contributed by atoms with Crippen molar-refractivity contribution in [1.82, 2.24) is 4.90 Å². The van der Waals surface area contributed by atoms with E-state index in [0.717, 1.165) is 0 Å². The van der Waals surface area contributed by atoms with Crippen LogP contribution in [-0.4, -0.2) is 37.1 Å². The first-order valence-corrected chi connectivity index (χ1v) is 11.7. The van der Waals surface area contributed by atoms with Gasteiger partial charge in [-0.2, -0.15) is 0 Å². The molecule has 0 aromatic heterocycles. The molecule has 1 spiro atoms. The number of nitrogens with zero attached hydrogens (tertiary/aromatic N) is 1. The molecule has 4 atom stereocenters. The number of aryl methyl sites for hydroxylation is 1. The first kappa shape index (κ1) is 20.5. The van der Waals surface area contributed by atoms with Crippen LogP contribution in [0.5, 0.6) is 0 Å². The fourth-order valence-electron chi connectivity index (χ4n) is 6.51. The lowest BCUT2D eigenvalue weighted by Gasteiger charge is -2.46. The number of likely N-dealkylation sites (tertiary alicyclic amines) is 1. The SMILES string of the molecule is COC(=O)c1ccc(C2CCC(N3CCC4(C=Cc5ccccc54)[C@@H](C)C3)C2)c(C)c1. The Labute approximate surface area is 186 Å². The highest BCUT2D eigenvalue weighted by Crippen LogP contribution is 2.48. The van der Waals surface area contributed by atoms with Crippen molar-refractivity contribution in [2.24, 2.45) is 5.92 Å². The molecule has 1 saturated carbocycles. The van der Waals surface area contributed by atoms with Crippen molar-refractivity contribution in [3.05, 3.63) is 76.4 Å². The van der Waals surface area contributed by atoms with Crippen molar-refractivity contribution < 1.29 is 9.53 Å². The number of rotatable bonds is 3. The van der Waals surface area contributed by atoms with Gasteiger partial charge in [-0.05, 0) is 85.4 Å². The third-order valence-electron chi connectivity index (χ3n) is 8.28. The number of hydrogen-bond donors (Lipinski definition) is 0. The van der Waals surface area contributed by atoms with Gasteiger partial charge in [0.1, 0.15) is 0 Å². The first-order valence-electron chi connectivity index (χ1n) is 11.7. The van der Waals surface area contributed by atoms with Gasteiger partial charge in [0.2, 0.25) is 0 Å². The Bertz CT molecular complexity index is 1030. The molecule has 2 aliphatic carbocycles. The summed E-state index contributed by atoms with van der Waals surface area (Å²) < 4.78 is 4.87. The Kier molecular flexibility index (Phi) is 5.26. The van der Waals surface area contributed by atoms with Crippen molar-refractivity contribution in [2.75, 3.05) is 20.2 Å². The van der Waals surface area contributed by atoms with Crippen LogP contribution in [0.15, 0.2) is 48.5 Å². The standard InChI is InChI=1S/C28H33NO2/c1-19-16-23(27(30)31-3)9-11-25(19)22-8-10-24(17-22)29-15-14-28(20(2)18-29)13-12-21-6-4-5-7-26(21)28/h4-7,9,11-13,16,20,22,24H,8,10,14-15,17-18H2,1-3H3/t20-,22?,24?,28?/m0/s1. The molecule has 1 aliphatic heterocycles. The minimum Gasteiger partial charge on any atom is -0.465 e. The van der Waals surface area contributed by atoms with Crippen LogP contribution in [0.2, 0.25) is 0 Å². The van der Waals surface area contributed by atoms with Gasteiger partial charge in [-0.3, -0.25) is 0 Å². The molecule has 2 fully saturated rings. The maximum Gasteiger partial charge on any atom is 0.337 e. The molecule has 1 saturated heterocycles. The summed E-state index contributed by atoms with van der Waals surface area (Å²) in [7, 11) is 1.44. The molecule has 0 radical (unpaired) electrons. The van der Waals surface area contributed by atoms with Crippen LogP contribution >= 0.6 is 0 Å². The second kappa shape index (κ2) is 7.94. The molecule has 2 aromatic rings. The summed E-state index contributed by atoms with van der Waals surface area (Å²) in [6.07, 6.45) is 9.79. The van der Waals surface area contributed by atoms with E-state index < -0.39 is 0 Å². The number of carbonyl (C=O) groups is 1. The molecule has 3 unspecified atom stereocenters. The number of piperidine rings is 1. The summed E-state index contributed by atoms with van der Waals surface area (Å²) in [6.45, 7) is 6.93. The molecule has 31 heavy (non-hydrogen) atoms. The van der Waals surface area contributed by atoms with Crippen LogP contribution in [0.3, 0.4) is 0 Å². The Morgan fingerprint density at radius 3 is 2.77 bits per heavy atom. The molecule has 3 heteroatoms. The van der Waals surface area contributed by atoms with Gasteiger partial charge in [0, 0.05) is 18.0 Å². The summed E-state index contributed by atoms with van der Waals surface area (Å²) in [6, 6.07) is 15.7. The molecule has 0 amide bonds. The largest absolute Gasteiger partial charge is 0.465 e. The lowest BCUT2D eigenvalue weighted by molar-refractivity contribution is 0.0600. The van der Waals surface area contributed by atoms with Crippen LogP contribution in [0.1, 0.15) is 71.1 Å². The van der Waals surface area contributed by atoms with Crippen molar-refractivity contribution >= 4 is 12.0 Å². The number of benzene rings is 2. The van der Waals surface area contributed by atoms with E-state index in [1.807, 2.05) is 12.1 Å². The number of fused-ring (bicyclic) bond motifs is 2. The van der Waals surface area contributed by atoms with Gasteiger partial charge in [-0.1, -0.05) is 49.4 Å². The number of methoxy groups -OCH3 is 1. The van der Waals surface area contributed by atoms with Crippen LogP contribution in [0.4, 0.5) is 0 Å². The monoisotopic (exact) mass is 415 g/mol. The van der Waals surface area contributed by atoms with Gasteiger partial charge in [-0.15, -0.1) is 0 Å². The smallest absolute Gasteiger partial charge is 0.337 e. The summed E-state index contributed by atoms with van der Waals surface area (Å²) in [5.74, 6) is 0.967. The van der Waals surface area contributed by atoms with Crippen molar-refractivity contribution in [2.45, 2.75) is 56.9 Å². The Balaban J connectivity index is 1.27.